The van der Waals surface area contributed by atoms with E-state index in [4.69, 9.17) is 10.5 Å². The van der Waals surface area contributed by atoms with Gasteiger partial charge in [-0.05, 0) is 5.56 Å². The smallest absolute Gasteiger partial charge is 0.129 e. The molecule has 0 fully saturated rings. The second kappa shape index (κ2) is 4.37. The molecule has 1 heterocycles. The maximum Gasteiger partial charge on any atom is 0.129 e. The highest BCUT2D eigenvalue weighted by molar-refractivity contribution is 5.76. The number of nitrogens with two attached hydrogens (primary N) is 1. The van der Waals surface area contributed by atoms with E-state index in [1.807, 2.05) is 37.4 Å². The molecule has 0 saturated heterocycles. The number of rotatable bonds is 3. The van der Waals surface area contributed by atoms with Crippen LogP contribution >= 0.6 is 0 Å². The zero-order valence-electron chi connectivity index (χ0n) is 9.47. The van der Waals surface area contributed by atoms with E-state index in [1.165, 1.54) is 0 Å². The number of hydrogen-bond donors (Lipinski definition) is 1. The molecule has 0 saturated carbocycles. The highest BCUT2D eigenvalue weighted by atomic mass is 16.5. The normalized spacial score (nSPS) is 10.6. The summed E-state index contributed by atoms with van der Waals surface area (Å²) in [5.74, 6) is 0.665. The van der Waals surface area contributed by atoms with Crippen molar-refractivity contribution >= 4 is 5.82 Å². The fourth-order valence-corrected chi connectivity index (χ4v) is 1.75. The van der Waals surface area contributed by atoms with Gasteiger partial charge in [0.2, 0.25) is 0 Å². The van der Waals surface area contributed by atoms with Crippen molar-refractivity contribution in [1.82, 2.24) is 9.78 Å². The summed E-state index contributed by atoms with van der Waals surface area (Å²) in [7, 11) is 3.49. The Morgan fingerprint density at radius 2 is 2.00 bits per heavy atom. The number of nitrogens with zero attached hydrogens (tertiary/aromatic N) is 2. The van der Waals surface area contributed by atoms with Crippen molar-refractivity contribution in [3.05, 3.63) is 36.0 Å². The van der Waals surface area contributed by atoms with Crippen molar-refractivity contribution in [2.24, 2.45) is 7.05 Å². The molecular weight excluding hydrogens is 202 g/mol. The van der Waals surface area contributed by atoms with E-state index in [1.54, 1.807) is 11.8 Å². The predicted octanol–water partition coefficient (Wildman–Crippen LogP) is 1.82. The van der Waals surface area contributed by atoms with E-state index < -0.39 is 0 Å². The van der Waals surface area contributed by atoms with Gasteiger partial charge in [-0.3, -0.25) is 4.68 Å². The van der Waals surface area contributed by atoms with E-state index in [0.29, 0.717) is 12.4 Å². The van der Waals surface area contributed by atoms with Gasteiger partial charge in [-0.25, -0.2) is 0 Å². The molecule has 0 amide bonds. The van der Waals surface area contributed by atoms with Crippen LogP contribution in [-0.4, -0.2) is 16.9 Å². The van der Waals surface area contributed by atoms with Gasteiger partial charge in [0.05, 0.1) is 12.3 Å². The third kappa shape index (κ3) is 1.79. The van der Waals surface area contributed by atoms with Crippen LogP contribution in [0.15, 0.2) is 30.3 Å². The monoisotopic (exact) mass is 217 g/mol. The quantitative estimate of drug-likeness (QED) is 0.853. The van der Waals surface area contributed by atoms with Crippen LogP contribution in [0.5, 0.6) is 0 Å². The summed E-state index contributed by atoms with van der Waals surface area (Å²) in [5.41, 5.74) is 8.91. The highest BCUT2D eigenvalue weighted by Crippen LogP contribution is 2.29. The summed E-state index contributed by atoms with van der Waals surface area (Å²) in [5, 5.41) is 4.34. The lowest BCUT2D eigenvalue weighted by Gasteiger charge is -2.03. The molecule has 0 radical (unpaired) electrons. The van der Waals surface area contributed by atoms with Crippen LogP contribution in [0.4, 0.5) is 5.82 Å². The Morgan fingerprint density at radius 1 is 1.31 bits per heavy atom. The largest absolute Gasteiger partial charge is 0.383 e. The molecule has 0 spiro atoms. The Balaban J connectivity index is 2.54. The molecule has 84 valence electrons. The molecule has 0 unspecified atom stereocenters. The number of anilines is 1. The van der Waals surface area contributed by atoms with Crippen LogP contribution < -0.4 is 5.73 Å². The van der Waals surface area contributed by atoms with Crippen molar-refractivity contribution in [1.29, 1.82) is 0 Å². The van der Waals surface area contributed by atoms with Crippen LogP contribution in [0, 0.1) is 0 Å². The molecule has 0 aliphatic heterocycles. The Kier molecular flexibility index (Phi) is 2.92. The summed E-state index contributed by atoms with van der Waals surface area (Å²) in [6, 6.07) is 9.99. The van der Waals surface area contributed by atoms with Gasteiger partial charge in [-0.1, -0.05) is 30.3 Å². The SMILES string of the molecule is COCc1nn(C)c(N)c1-c1ccccc1. The van der Waals surface area contributed by atoms with Gasteiger partial charge in [0.1, 0.15) is 5.82 Å². The van der Waals surface area contributed by atoms with Gasteiger partial charge in [0, 0.05) is 19.7 Å². The molecule has 4 heteroatoms. The van der Waals surface area contributed by atoms with Gasteiger partial charge in [0.25, 0.3) is 0 Å². The Morgan fingerprint density at radius 3 is 2.62 bits per heavy atom. The third-order valence-corrected chi connectivity index (χ3v) is 2.51. The molecule has 2 rings (SSSR count). The Labute approximate surface area is 94.6 Å². The lowest BCUT2D eigenvalue weighted by Crippen LogP contribution is -1.98. The summed E-state index contributed by atoms with van der Waals surface area (Å²) in [6.07, 6.45) is 0. The third-order valence-electron chi connectivity index (χ3n) is 2.51. The first kappa shape index (κ1) is 10.7. The van der Waals surface area contributed by atoms with Crippen LogP contribution in [-0.2, 0) is 18.4 Å². The first-order chi connectivity index (χ1) is 7.74. The summed E-state index contributed by atoms with van der Waals surface area (Å²) in [4.78, 5) is 0. The zero-order valence-corrected chi connectivity index (χ0v) is 9.47. The van der Waals surface area contributed by atoms with E-state index in [0.717, 1.165) is 16.8 Å². The van der Waals surface area contributed by atoms with Gasteiger partial charge < -0.3 is 10.5 Å². The molecular formula is C12H15N3O. The fraction of sp³-hybridized carbons (Fsp3) is 0.250. The molecule has 0 atom stereocenters. The second-order valence-corrected chi connectivity index (χ2v) is 3.63. The van der Waals surface area contributed by atoms with Crippen LogP contribution in [0.1, 0.15) is 5.69 Å². The van der Waals surface area contributed by atoms with Crippen molar-refractivity contribution in [3.63, 3.8) is 0 Å². The van der Waals surface area contributed by atoms with Crippen molar-refractivity contribution < 1.29 is 4.74 Å². The summed E-state index contributed by atoms with van der Waals surface area (Å²) < 4.78 is 6.80. The maximum atomic E-state index is 6.01. The minimum atomic E-state index is 0.468. The van der Waals surface area contributed by atoms with E-state index in [2.05, 4.69) is 5.10 Å². The molecule has 2 N–H and O–H groups in total. The minimum Gasteiger partial charge on any atom is -0.383 e. The predicted molar refractivity (Wildman–Crippen MR) is 63.8 cm³/mol. The van der Waals surface area contributed by atoms with Crippen molar-refractivity contribution in [3.8, 4) is 11.1 Å². The molecule has 0 aliphatic rings. The molecule has 2 aromatic rings. The van der Waals surface area contributed by atoms with E-state index in [-0.39, 0.29) is 0 Å². The van der Waals surface area contributed by atoms with Crippen LogP contribution in [0.25, 0.3) is 11.1 Å². The second-order valence-electron chi connectivity index (χ2n) is 3.63. The average molecular weight is 217 g/mol. The number of ether oxygens (including phenoxy) is 1. The average Bonchev–Trinajstić information content (AvgIpc) is 2.57. The van der Waals surface area contributed by atoms with Gasteiger partial charge in [-0.15, -0.1) is 0 Å². The minimum absolute atomic E-state index is 0.468. The van der Waals surface area contributed by atoms with Crippen LogP contribution in [0.3, 0.4) is 0 Å². The topological polar surface area (TPSA) is 53.1 Å². The van der Waals surface area contributed by atoms with Gasteiger partial charge in [-0.2, -0.15) is 5.10 Å². The van der Waals surface area contributed by atoms with Gasteiger partial charge >= 0.3 is 0 Å². The molecule has 16 heavy (non-hydrogen) atoms. The number of benzene rings is 1. The number of methoxy groups -OCH3 is 1. The molecule has 1 aromatic heterocycles. The molecule has 0 bridgehead atoms. The zero-order chi connectivity index (χ0) is 11.5. The van der Waals surface area contributed by atoms with E-state index in [9.17, 15) is 0 Å². The van der Waals surface area contributed by atoms with E-state index >= 15 is 0 Å². The number of aromatic nitrogens is 2. The summed E-state index contributed by atoms with van der Waals surface area (Å²) in [6.45, 7) is 0.468. The standard InChI is InChI=1S/C12H15N3O/c1-15-12(13)11(10(14-15)8-16-2)9-6-4-3-5-7-9/h3-7H,8,13H2,1-2H3. The Bertz CT molecular complexity index is 477. The molecule has 4 nitrogen and oxygen atoms in total. The van der Waals surface area contributed by atoms with Crippen molar-refractivity contribution in [2.45, 2.75) is 6.61 Å². The lowest BCUT2D eigenvalue weighted by atomic mass is 10.1. The maximum absolute atomic E-state index is 6.01. The van der Waals surface area contributed by atoms with Gasteiger partial charge in [0.15, 0.2) is 0 Å². The number of nitrogen functional groups attached to an aromatic ring is 1. The summed E-state index contributed by atoms with van der Waals surface area (Å²) >= 11 is 0. The molecule has 0 aliphatic carbocycles. The molecule has 1 aromatic carbocycles. The first-order valence-corrected chi connectivity index (χ1v) is 5.09. The number of aryl methyl sites for hydroxylation is 1. The highest BCUT2D eigenvalue weighted by Gasteiger charge is 2.14. The number of hydrogen-bond acceptors (Lipinski definition) is 3. The lowest BCUT2D eigenvalue weighted by molar-refractivity contribution is 0.181. The van der Waals surface area contributed by atoms with Crippen LogP contribution in [0.2, 0.25) is 0 Å². The fourth-order valence-electron chi connectivity index (χ4n) is 1.75. The Hall–Kier alpha value is -1.81. The van der Waals surface area contributed by atoms with Crippen molar-refractivity contribution in [2.75, 3.05) is 12.8 Å². The first-order valence-electron chi connectivity index (χ1n) is 5.09.